The third-order valence-corrected chi connectivity index (χ3v) is 5.73. The summed E-state index contributed by atoms with van der Waals surface area (Å²) in [7, 11) is 1.54. The number of methoxy groups -OCH3 is 1. The average Bonchev–Trinajstić information content (AvgIpc) is 2.86. The van der Waals surface area contributed by atoms with Crippen molar-refractivity contribution in [1.29, 1.82) is 0 Å². The minimum absolute atomic E-state index is 0.144. The number of carbonyl (C=O) groups is 3. The summed E-state index contributed by atoms with van der Waals surface area (Å²) in [4.78, 5) is 40.0. The molecule has 3 amide bonds. The van der Waals surface area contributed by atoms with E-state index >= 15 is 0 Å². The summed E-state index contributed by atoms with van der Waals surface area (Å²) in [6.45, 7) is 4.77. The van der Waals surface area contributed by atoms with Crippen molar-refractivity contribution in [3.05, 3.63) is 78.1 Å². The van der Waals surface area contributed by atoms with E-state index in [0.29, 0.717) is 42.8 Å². The first-order chi connectivity index (χ1) is 15.9. The summed E-state index contributed by atoms with van der Waals surface area (Å²) in [5.41, 5.74) is 0.837. The Balaban J connectivity index is 1.67. The van der Waals surface area contributed by atoms with Crippen molar-refractivity contribution in [3.63, 3.8) is 0 Å². The minimum Gasteiger partial charge on any atom is -0.497 e. The van der Waals surface area contributed by atoms with Crippen molar-refractivity contribution in [3.8, 4) is 5.75 Å². The maximum atomic E-state index is 13.2. The van der Waals surface area contributed by atoms with Crippen LogP contribution in [0.3, 0.4) is 0 Å². The molecule has 2 aromatic carbocycles. The van der Waals surface area contributed by atoms with E-state index in [1.165, 1.54) is 24.3 Å². The van der Waals surface area contributed by atoms with Gasteiger partial charge in [0.1, 0.15) is 17.6 Å². The number of halogens is 1. The van der Waals surface area contributed by atoms with Crippen molar-refractivity contribution in [2.45, 2.75) is 18.9 Å². The van der Waals surface area contributed by atoms with Crippen molar-refractivity contribution in [2.75, 3.05) is 26.7 Å². The highest BCUT2D eigenvalue weighted by Crippen LogP contribution is 2.23. The van der Waals surface area contributed by atoms with Crippen molar-refractivity contribution < 1.29 is 23.5 Å². The predicted octanol–water partition coefficient (Wildman–Crippen LogP) is 2.79. The van der Waals surface area contributed by atoms with E-state index in [4.69, 9.17) is 4.74 Å². The fourth-order valence-electron chi connectivity index (χ4n) is 3.86. The van der Waals surface area contributed by atoms with Gasteiger partial charge in [-0.25, -0.2) is 4.39 Å². The monoisotopic (exact) mass is 453 g/mol. The summed E-state index contributed by atoms with van der Waals surface area (Å²) >= 11 is 0. The summed E-state index contributed by atoms with van der Waals surface area (Å²) in [5, 5.41) is 5.62. The van der Waals surface area contributed by atoms with Gasteiger partial charge in [0.15, 0.2) is 0 Å². The van der Waals surface area contributed by atoms with Gasteiger partial charge in [-0.2, -0.15) is 0 Å². The number of nitrogens with one attached hydrogen (secondary N) is 2. The molecule has 1 saturated heterocycles. The number of carbonyl (C=O) groups excluding carboxylic acids is 3. The zero-order valence-electron chi connectivity index (χ0n) is 18.6. The molecule has 7 nitrogen and oxygen atoms in total. The molecule has 1 atom stereocenters. The molecule has 0 saturated carbocycles. The van der Waals surface area contributed by atoms with E-state index in [-0.39, 0.29) is 30.2 Å². The molecule has 1 fully saturated rings. The summed E-state index contributed by atoms with van der Waals surface area (Å²) in [6.07, 6.45) is 2.66. The van der Waals surface area contributed by atoms with Gasteiger partial charge in [-0.1, -0.05) is 6.08 Å². The number of likely N-dealkylation sites (tertiary alicyclic amines) is 1. The number of rotatable bonds is 8. The molecule has 0 radical (unpaired) electrons. The van der Waals surface area contributed by atoms with Crippen molar-refractivity contribution >= 4 is 17.7 Å². The molecule has 0 aliphatic carbocycles. The Morgan fingerprint density at radius 2 is 1.70 bits per heavy atom. The first kappa shape index (κ1) is 24.0. The lowest BCUT2D eigenvalue weighted by molar-refractivity contribution is -0.124. The molecule has 3 rings (SSSR count). The molecule has 0 spiro atoms. The molecule has 0 aromatic heterocycles. The van der Waals surface area contributed by atoms with Gasteiger partial charge in [0.05, 0.1) is 7.11 Å². The Morgan fingerprint density at radius 3 is 2.27 bits per heavy atom. The van der Waals surface area contributed by atoms with E-state index in [2.05, 4.69) is 17.2 Å². The number of hydrogen-bond acceptors (Lipinski definition) is 4. The van der Waals surface area contributed by atoms with Crippen molar-refractivity contribution in [1.82, 2.24) is 15.5 Å². The third-order valence-electron chi connectivity index (χ3n) is 5.73. The first-order valence-electron chi connectivity index (χ1n) is 10.8. The molecule has 33 heavy (non-hydrogen) atoms. The molecular weight excluding hydrogens is 425 g/mol. The summed E-state index contributed by atoms with van der Waals surface area (Å²) in [5.74, 6) is -0.741. The standard InChI is InChI=1S/C25H28FN3O4/c1-3-14-27-24(31)22(28-23(30)18-6-10-21(33-2)11-7-18)17-12-15-29(16-13-17)25(32)19-4-8-20(26)9-5-19/h3-11,17,22H,1,12-16H2,2H3,(H,27,31)(H,28,30)/t22-/m0/s1. The Bertz CT molecular complexity index is 984. The summed E-state index contributed by atoms with van der Waals surface area (Å²) in [6, 6.07) is 11.3. The number of piperidine rings is 1. The molecule has 0 unspecified atom stereocenters. The molecule has 1 aliphatic heterocycles. The first-order valence-corrected chi connectivity index (χ1v) is 10.8. The molecule has 0 bridgehead atoms. The Hall–Kier alpha value is -3.68. The van der Waals surface area contributed by atoms with Gasteiger partial charge in [-0.3, -0.25) is 14.4 Å². The van der Waals surface area contributed by atoms with E-state index in [1.807, 2.05) is 0 Å². The second-order valence-corrected chi connectivity index (χ2v) is 7.85. The molecule has 174 valence electrons. The molecule has 1 aliphatic rings. The lowest BCUT2D eigenvalue weighted by atomic mass is 9.88. The molecule has 2 N–H and O–H groups in total. The normalized spacial score (nSPS) is 14.8. The van der Waals surface area contributed by atoms with E-state index in [0.717, 1.165) is 0 Å². The van der Waals surface area contributed by atoms with Gasteiger partial charge in [-0.15, -0.1) is 6.58 Å². The maximum Gasteiger partial charge on any atom is 0.253 e. The predicted molar refractivity (Wildman–Crippen MR) is 122 cm³/mol. The second kappa shape index (κ2) is 11.3. The maximum absolute atomic E-state index is 13.2. The summed E-state index contributed by atoms with van der Waals surface area (Å²) < 4.78 is 18.3. The van der Waals surface area contributed by atoms with E-state index in [1.54, 1.807) is 42.4 Å². The number of hydrogen-bond donors (Lipinski definition) is 2. The van der Waals surface area contributed by atoms with Crippen LogP contribution in [0.4, 0.5) is 4.39 Å². The highest BCUT2D eigenvalue weighted by atomic mass is 19.1. The minimum atomic E-state index is -0.748. The fraction of sp³-hybridized carbons (Fsp3) is 0.320. The third kappa shape index (κ3) is 6.19. The van der Waals surface area contributed by atoms with Gasteiger partial charge < -0.3 is 20.3 Å². The van der Waals surface area contributed by atoms with Gasteiger partial charge >= 0.3 is 0 Å². The highest BCUT2D eigenvalue weighted by molar-refractivity contribution is 5.98. The van der Waals surface area contributed by atoms with Gasteiger partial charge in [0, 0.05) is 30.8 Å². The zero-order chi connectivity index (χ0) is 23.8. The van der Waals surface area contributed by atoms with Crippen LogP contribution in [0.15, 0.2) is 61.2 Å². The van der Waals surface area contributed by atoms with Crippen LogP contribution in [0.25, 0.3) is 0 Å². The number of ether oxygens (including phenoxy) is 1. The SMILES string of the molecule is C=CCNC(=O)[C@@H](NC(=O)c1ccc(OC)cc1)C1CCN(C(=O)c2ccc(F)cc2)CC1. The van der Waals surface area contributed by atoms with Crippen LogP contribution in [-0.2, 0) is 4.79 Å². The van der Waals surface area contributed by atoms with Crippen LogP contribution in [0, 0.1) is 11.7 Å². The van der Waals surface area contributed by atoms with Crippen LogP contribution in [0.2, 0.25) is 0 Å². The Morgan fingerprint density at radius 1 is 1.09 bits per heavy atom. The highest BCUT2D eigenvalue weighted by Gasteiger charge is 2.34. The average molecular weight is 454 g/mol. The van der Waals surface area contributed by atoms with E-state index < -0.39 is 11.9 Å². The molecular formula is C25H28FN3O4. The van der Waals surface area contributed by atoms with Gasteiger partial charge in [0.25, 0.3) is 11.8 Å². The second-order valence-electron chi connectivity index (χ2n) is 7.85. The smallest absolute Gasteiger partial charge is 0.253 e. The molecule has 2 aromatic rings. The van der Waals surface area contributed by atoms with Crippen LogP contribution < -0.4 is 15.4 Å². The quantitative estimate of drug-likeness (QED) is 0.602. The molecule has 1 heterocycles. The molecule has 8 heteroatoms. The van der Waals surface area contributed by atoms with Crippen LogP contribution in [0.1, 0.15) is 33.6 Å². The lowest BCUT2D eigenvalue weighted by Gasteiger charge is -2.35. The van der Waals surface area contributed by atoms with Crippen LogP contribution in [0.5, 0.6) is 5.75 Å². The fourth-order valence-corrected chi connectivity index (χ4v) is 3.86. The van der Waals surface area contributed by atoms with E-state index in [9.17, 15) is 18.8 Å². The van der Waals surface area contributed by atoms with Crippen LogP contribution >= 0.6 is 0 Å². The zero-order valence-corrected chi connectivity index (χ0v) is 18.6. The van der Waals surface area contributed by atoms with Crippen molar-refractivity contribution in [2.24, 2.45) is 5.92 Å². The lowest BCUT2D eigenvalue weighted by Crippen LogP contribution is -2.53. The van der Waals surface area contributed by atoms with Gasteiger partial charge in [-0.05, 0) is 67.3 Å². The van der Waals surface area contributed by atoms with Gasteiger partial charge in [0.2, 0.25) is 5.91 Å². The number of benzene rings is 2. The largest absolute Gasteiger partial charge is 0.497 e. The van der Waals surface area contributed by atoms with Crippen LogP contribution in [-0.4, -0.2) is 55.4 Å². The number of nitrogens with zero attached hydrogens (tertiary/aromatic N) is 1. The topological polar surface area (TPSA) is 87.7 Å². The number of amides is 3. The Kier molecular flexibility index (Phi) is 8.18. The Labute approximate surface area is 192 Å².